The Morgan fingerprint density at radius 3 is 2.62 bits per heavy atom. The van der Waals surface area contributed by atoms with Crippen molar-refractivity contribution in [2.45, 2.75) is 57.3 Å². The molecule has 13 heteroatoms. The third kappa shape index (κ3) is 5.19. The summed E-state index contributed by atoms with van der Waals surface area (Å²) in [5, 5.41) is 9.75. The van der Waals surface area contributed by atoms with Crippen LogP contribution in [-0.4, -0.2) is 41.5 Å². The van der Waals surface area contributed by atoms with E-state index in [1.54, 1.807) is 31.2 Å². The van der Waals surface area contributed by atoms with Gasteiger partial charge in [-0.1, -0.05) is 23.7 Å². The molecule has 0 saturated carbocycles. The van der Waals surface area contributed by atoms with E-state index in [9.17, 15) is 22.8 Å². The first-order valence-corrected chi connectivity index (χ1v) is 13.7. The summed E-state index contributed by atoms with van der Waals surface area (Å²) in [5.41, 5.74) is 1.36. The Bertz CT molecular complexity index is 1400. The van der Waals surface area contributed by atoms with E-state index in [-0.39, 0.29) is 40.1 Å². The van der Waals surface area contributed by atoms with E-state index in [0.717, 1.165) is 34.4 Å². The van der Waals surface area contributed by atoms with Crippen LogP contribution in [0.1, 0.15) is 75.1 Å². The number of hydrogen-bond acceptors (Lipinski definition) is 7. The number of methoxy groups -OCH3 is 1. The zero-order valence-electron chi connectivity index (χ0n) is 21.2. The molecule has 39 heavy (non-hydrogen) atoms. The first-order valence-electron chi connectivity index (χ1n) is 12.5. The maximum absolute atomic E-state index is 14.2. The number of alkyl halides is 3. The highest BCUT2D eigenvalue weighted by Gasteiger charge is 2.48. The second kappa shape index (κ2) is 10.7. The minimum atomic E-state index is -4.64. The van der Waals surface area contributed by atoms with E-state index in [4.69, 9.17) is 21.1 Å². The Labute approximate surface area is 231 Å². The predicted molar refractivity (Wildman–Crippen MR) is 141 cm³/mol. The molecular weight excluding hydrogens is 557 g/mol. The minimum Gasteiger partial charge on any atom is -0.497 e. The number of amides is 1. The van der Waals surface area contributed by atoms with Gasteiger partial charge in [0.15, 0.2) is 11.7 Å². The van der Waals surface area contributed by atoms with Crippen molar-refractivity contribution in [2.24, 2.45) is 0 Å². The SMILES string of the molecule is CCOC(=O)c1c(NC(=O)c2nn3c(c2Cl)N[C@H](c2ccc(OC)cc2)C[C@@H]3C(F)(F)F)sc2c1CCCC2. The normalized spacial score (nSPS) is 18.5. The Balaban J connectivity index is 1.48. The van der Waals surface area contributed by atoms with Gasteiger partial charge in [-0.15, -0.1) is 11.3 Å². The number of benzene rings is 1. The fourth-order valence-electron chi connectivity index (χ4n) is 5.02. The highest BCUT2D eigenvalue weighted by Crippen LogP contribution is 2.47. The lowest BCUT2D eigenvalue weighted by molar-refractivity contribution is -0.173. The van der Waals surface area contributed by atoms with Gasteiger partial charge < -0.3 is 20.1 Å². The van der Waals surface area contributed by atoms with Gasteiger partial charge in [0.2, 0.25) is 0 Å². The molecule has 0 fully saturated rings. The van der Waals surface area contributed by atoms with Gasteiger partial charge in [-0.2, -0.15) is 18.3 Å². The molecule has 1 aliphatic heterocycles. The topological polar surface area (TPSA) is 94.5 Å². The van der Waals surface area contributed by atoms with Crippen LogP contribution in [0.25, 0.3) is 0 Å². The maximum atomic E-state index is 14.2. The molecule has 1 amide bonds. The minimum absolute atomic E-state index is 0.104. The van der Waals surface area contributed by atoms with E-state index in [2.05, 4.69) is 15.7 Å². The number of carbonyl (C=O) groups is 2. The number of ether oxygens (including phenoxy) is 2. The highest BCUT2D eigenvalue weighted by atomic mass is 35.5. The summed E-state index contributed by atoms with van der Waals surface area (Å²) >= 11 is 7.76. The molecule has 0 bridgehead atoms. The molecule has 0 radical (unpaired) electrons. The van der Waals surface area contributed by atoms with Gasteiger partial charge in [0.25, 0.3) is 5.91 Å². The highest BCUT2D eigenvalue weighted by molar-refractivity contribution is 7.17. The number of aryl methyl sites for hydroxylation is 1. The Morgan fingerprint density at radius 1 is 1.23 bits per heavy atom. The molecule has 2 aromatic heterocycles. The van der Waals surface area contributed by atoms with Crippen molar-refractivity contribution in [3.05, 3.63) is 56.5 Å². The lowest BCUT2D eigenvalue weighted by Crippen LogP contribution is -2.35. The van der Waals surface area contributed by atoms with Gasteiger partial charge >= 0.3 is 12.1 Å². The molecule has 1 aliphatic carbocycles. The van der Waals surface area contributed by atoms with Crippen molar-refractivity contribution in [3.63, 3.8) is 0 Å². The van der Waals surface area contributed by atoms with Crippen LogP contribution in [0.15, 0.2) is 24.3 Å². The molecule has 0 unspecified atom stereocenters. The fourth-order valence-corrected chi connectivity index (χ4v) is 6.56. The van der Waals surface area contributed by atoms with Crippen LogP contribution in [0.2, 0.25) is 5.02 Å². The Kier molecular flexibility index (Phi) is 7.51. The van der Waals surface area contributed by atoms with Crippen molar-refractivity contribution in [3.8, 4) is 5.75 Å². The zero-order chi connectivity index (χ0) is 27.9. The number of rotatable bonds is 6. The predicted octanol–water partition coefficient (Wildman–Crippen LogP) is 6.57. The molecule has 0 saturated heterocycles. The maximum Gasteiger partial charge on any atom is 0.410 e. The van der Waals surface area contributed by atoms with Crippen molar-refractivity contribution < 1.29 is 32.2 Å². The standard InChI is InChI=1S/C26H26ClF3N4O4S/c1-3-38-25(36)19-15-6-4-5-7-17(15)39-24(19)32-23(35)21-20(27)22-31-16(13-8-10-14(37-2)11-9-13)12-18(26(28,29)30)34(22)33-21/h8-11,16,18,31H,3-7,12H2,1-2H3,(H,32,35)/t16-,18+/m0/s1. The monoisotopic (exact) mass is 582 g/mol. The summed E-state index contributed by atoms with van der Waals surface area (Å²) in [5.74, 6) is -0.896. The smallest absolute Gasteiger partial charge is 0.410 e. The molecule has 2 atom stereocenters. The molecule has 8 nitrogen and oxygen atoms in total. The van der Waals surface area contributed by atoms with Crippen molar-refractivity contribution in [1.82, 2.24) is 9.78 Å². The quantitative estimate of drug-likeness (QED) is 0.319. The Morgan fingerprint density at radius 2 is 1.95 bits per heavy atom. The molecule has 3 aromatic rings. The van der Waals surface area contributed by atoms with Gasteiger partial charge in [0.1, 0.15) is 21.6 Å². The molecule has 1 aromatic carbocycles. The molecule has 0 spiro atoms. The summed E-state index contributed by atoms with van der Waals surface area (Å²) in [6.45, 7) is 1.85. The number of halogens is 4. The van der Waals surface area contributed by atoms with E-state index < -0.39 is 30.1 Å². The number of fused-ring (bicyclic) bond motifs is 2. The first-order chi connectivity index (χ1) is 18.6. The average Bonchev–Trinajstić information content (AvgIpc) is 3.45. The second-order valence-electron chi connectivity index (χ2n) is 9.31. The first kappa shape index (κ1) is 27.3. The number of aromatic nitrogens is 2. The number of anilines is 2. The van der Waals surface area contributed by atoms with Gasteiger partial charge in [-0.05, 0) is 55.9 Å². The van der Waals surface area contributed by atoms with E-state index in [0.29, 0.717) is 17.7 Å². The van der Waals surface area contributed by atoms with Crippen LogP contribution >= 0.6 is 22.9 Å². The lowest BCUT2D eigenvalue weighted by atomic mass is 9.95. The summed E-state index contributed by atoms with van der Waals surface area (Å²) in [6, 6.07) is 3.92. The van der Waals surface area contributed by atoms with Crippen LogP contribution in [-0.2, 0) is 17.6 Å². The lowest BCUT2D eigenvalue weighted by Gasteiger charge is -2.33. The summed E-state index contributed by atoms with van der Waals surface area (Å²) < 4.78 is 53.6. The van der Waals surface area contributed by atoms with Crippen LogP contribution in [0.4, 0.5) is 24.0 Å². The van der Waals surface area contributed by atoms with Crippen LogP contribution in [0.3, 0.4) is 0 Å². The number of esters is 1. The number of carbonyl (C=O) groups excluding carboxylic acids is 2. The van der Waals surface area contributed by atoms with Gasteiger partial charge in [0, 0.05) is 11.3 Å². The van der Waals surface area contributed by atoms with E-state index in [1.165, 1.54) is 18.4 Å². The molecule has 208 valence electrons. The summed E-state index contributed by atoms with van der Waals surface area (Å²) in [7, 11) is 1.50. The second-order valence-corrected chi connectivity index (χ2v) is 10.8. The number of nitrogens with one attached hydrogen (secondary N) is 2. The van der Waals surface area contributed by atoms with E-state index >= 15 is 0 Å². The molecule has 5 rings (SSSR count). The number of hydrogen-bond donors (Lipinski definition) is 2. The number of nitrogens with zero attached hydrogens (tertiary/aromatic N) is 2. The fraction of sp³-hybridized carbons (Fsp3) is 0.423. The third-order valence-electron chi connectivity index (χ3n) is 6.91. The largest absolute Gasteiger partial charge is 0.497 e. The summed E-state index contributed by atoms with van der Waals surface area (Å²) in [6.07, 6.45) is -1.68. The molecule has 3 heterocycles. The van der Waals surface area contributed by atoms with Gasteiger partial charge in [-0.25, -0.2) is 9.48 Å². The molecule has 2 aliphatic rings. The average molecular weight is 583 g/mol. The summed E-state index contributed by atoms with van der Waals surface area (Å²) in [4.78, 5) is 27.1. The Hall–Kier alpha value is -3.25. The van der Waals surface area contributed by atoms with Crippen molar-refractivity contribution in [1.29, 1.82) is 0 Å². The van der Waals surface area contributed by atoms with E-state index in [1.807, 2.05) is 0 Å². The van der Waals surface area contributed by atoms with Crippen LogP contribution < -0.4 is 15.4 Å². The van der Waals surface area contributed by atoms with Gasteiger partial charge in [0.05, 0.1) is 25.3 Å². The molecular formula is C26H26ClF3N4O4S. The number of thiophene rings is 1. The molecule has 2 N–H and O–H groups in total. The van der Waals surface area contributed by atoms with Crippen LogP contribution in [0.5, 0.6) is 5.75 Å². The van der Waals surface area contributed by atoms with Gasteiger partial charge in [-0.3, -0.25) is 4.79 Å². The zero-order valence-corrected chi connectivity index (χ0v) is 22.7. The van der Waals surface area contributed by atoms with Crippen LogP contribution in [0, 0.1) is 0 Å². The third-order valence-corrected chi connectivity index (χ3v) is 8.47. The van der Waals surface area contributed by atoms with Crippen molar-refractivity contribution >= 4 is 45.6 Å². The van der Waals surface area contributed by atoms with Crippen molar-refractivity contribution in [2.75, 3.05) is 24.4 Å².